The Hall–Kier alpha value is -1.02. The van der Waals surface area contributed by atoms with Crippen molar-refractivity contribution in [2.75, 3.05) is 11.6 Å². The number of hydrogen-bond donors (Lipinski definition) is 1. The van der Waals surface area contributed by atoms with Crippen molar-refractivity contribution in [2.45, 2.75) is 32.1 Å². The molecule has 0 amide bonds. The van der Waals surface area contributed by atoms with Crippen molar-refractivity contribution >= 4 is 5.69 Å². The first-order valence-corrected chi connectivity index (χ1v) is 5.42. The molecular weight excluding hydrogens is 172 g/mol. The molecule has 1 unspecified atom stereocenters. The highest BCUT2D eigenvalue weighted by Gasteiger charge is 2.32. The van der Waals surface area contributed by atoms with E-state index >= 15 is 0 Å². The lowest BCUT2D eigenvalue weighted by Crippen LogP contribution is -2.29. The lowest BCUT2D eigenvalue weighted by Gasteiger charge is -2.21. The summed E-state index contributed by atoms with van der Waals surface area (Å²) in [4.78, 5) is 0. The molecular formula is C12H16N2. The topological polar surface area (TPSA) is 29.3 Å². The summed E-state index contributed by atoms with van der Waals surface area (Å²) in [5, 5.41) is 1.92. The summed E-state index contributed by atoms with van der Waals surface area (Å²) in [5.41, 5.74) is 5.85. The van der Waals surface area contributed by atoms with Gasteiger partial charge in [0.05, 0.1) is 5.69 Å². The van der Waals surface area contributed by atoms with Crippen LogP contribution in [0, 0.1) is 6.92 Å². The Balaban J connectivity index is 2.25. The molecule has 2 heteroatoms. The number of nitrogens with two attached hydrogens (primary N) is 1. The van der Waals surface area contributed by atoms with Gasteiger partial charge < -0.3 is 5.01 Å². The summed E-state index contributed by atoms with van der Waals surface area (Å²) < 4.78 is 0. The number of anilines is 1. The number of nitrogens with zero attached hydrogens (tertiary/aromatic N) is 1. The van der Waals surface area contributed by atoms with Crippen LogP contribution < -0.4 is 10.9 Å². The fourth-order valence-corrected chi connectivity index (χ4v) is 2.99. The molecule has 0 saturated heterocycles. The van der Waals surface area contributed by atoms with Crippen LogP contribution in [0.5, 0.6) is 0 Å². The van der Waals surface area contributed by atoms with Gasteiger partial charge in [-0.05, 0) is 48.9 Å². The van der Waals surface area contributed by atoms with Gasteiger partial charge in [-0.15, -0.1) is 0 Å². The summed E-state index contributed by atoms with van der Waals surface area (Å²) >= 11 is 0. The van der Waals surface area contributed by atoms with Crippen molar-refractivity contribution < 1.29 is 0 Å². The molecule has 14 heavy (non-hydrogen) atoms. The molecule has 0 spiro atoms. The molecule has 0 bridgehead atoms. The van der Waals surface area contributed by atoms with Crippen LogP contribution >= 0.6 is 0 Å². The zero-order chi connectivity index (χ0) is 9.71. The standard InChI is InChI=1S/C12H16N2/c1-8-5-6-11-12-9(7-14(11)13)3-2-4-10(8)12/h5-6,9H,2-4,7,13H2,1H3. The van der Waals surface area contributed by atoms with E-state index < -0.39 is 0 Å². The van der Waals surface area contributed by atoms with Crippen molar-refractivity contribution in [3.05, 3.63) is 28.8 Å². The smallest absolute Gasteiger partial charge is 0.0555 e. The van der Waals surface area contributed by atoms with Crippen LogP contribution in [0.3, 0.4) is 0 Å². The van der Waals surface area contributed by atoms with E-state index in [9.17, 15) is 0 Å². The van der Waals surface area contributed by atoms with Crippen molar-refractivity contribution in [2.24, 2.45) is 5.84 Å². The summed E-state index contributed by atoms with van der Waals surface area (Å²) in [6, 6.07) is 4.39. The molecule has 2 aliphatic rings. The van der Waals surface area contributed by atoms with Crippen LogP contribution in [-0.4, -0.2) is 6.54 Å². The number of benzene rings is 1. The zero-order valence-corrected chi connectivity index (χ0v) is 8.59. The van der Waals surface area contributed by atoms with E-state index in [1.54, 1.807) is 11.1 Å². The van der Waals surface area contributed by atoms with Gasteiger partial charge in [0.25, 0.3) is 0 Å². The quantitative estimate of drug-likeness (QED) is 0.632. The summed E-state index contributed by atoms with van der Waals surface area (Å²) in [7, 11) is 0. The van der Waals surface area contributed by atoms with Crippen molar-refractivity contribution in [1.82, 2.24) is 0 Å². The normalized spacial score (nSPS) is 23.9. The summed E-state index contributed by atoms with van der Waals surface area (Å²) in [6.45, 7) is 3.24. The molecule has 1 atom stereocenters. The largest absolute Gasteiger partial charge is 0.310 e. The summed E-state index contributed by atoms with van der Waals surface area (Å²) in [5.74, 6) is 6.70. The predicted octanol–water partition coefficient (Wildman–Crippen LogP) is 2.11. The third kappa shape index (κ3) is 0.947. The highest BCUT2D eigenvalue weighted by Crippen LogP contribution is 2.44. The van der Waals surface area contributed by atoms with Crippen LogP contribution in [0.2, 0.25) is 0 Å². The lowest BCUT2D eigenvalue weighted by atomic mass is 9.82. The second kappa shape index (κ2) is 2.74. The molecule has 1 aliphatic carbocycles. The zero-order valence-electron chi connectivity index (χ0n) is 8.59. The molecule has 1 heterocycles. The van der Waals surface area contributed by atoms with Crippen LogP contribution in [-0.2, 0) is 6.42 Å². The van der Waals surface area contributed by atoms with Gasteiger partial charge >= 0.3 is 0 Å². The Morgan fingerprint density at radius 3 is 3.14 bits per heavy atom. The highest BCUT2D eigenvalue weighted by atomic mass is 15.4. The molecule has 0 fully saturated rings. The molecule has 0 saturated carbocycles. The minimum atomic E-state index is 0.707. The van der Waals surface area contributed by atoms with Gasteiger partial charge in [-0.1, -0.05) is 6.07 Å². The lowest BCUT2D eigenvalue weighted by molar-refractivity contribution is 0.574. The maximum Gasteiger partial charge on any atom is 0.0555 e. The molecule has 74 valence electrons. The monoisotopic (exact) mass is 188 g/mol. The van der Waals surface area contributed by atoms with Crippen LogP contribution in [0.15, 0.2) is 12.1 Å². The maximum atomic E-state index is 5.99. The first-order valence-electron chi connectivity index (χ1n) is 5.42. The van der Waals surface area contributed by atoms with Gasteiger partial charge in [0.2, 0.25) is 0 Å². The van der Waals surface area contributed by atoms with Crippen molar-refractivity contribution in [3.8, 4) is 0 Å². The van der Waals surface area contributed by atoms with E-state index in [-0.39, 0.29) is 0 Å². The average Bonchev–Trinajstić information content (AvgIpc) is 2.50. The Morgan fingerprint density at radius 2 is 2.29 bits per heavy atom. The molecule has 1 aliphatic heterocycles. The van der Waals surface area contributed by atoms with Crippen molar-refractivity contribution in [3.63, 3.8) is 0 Å². The fraction of sp³-hybridized carbons (Fsp3) is 0.500. The third-order valence-electron chi connectivity index (χ3n) is 3.68. The van der Waals surface area contributed by atoms with Crippen LogP contribution in [0.1, 0.15) is 35.4 Å². The number of hydrogen-bond acceptors (Lipinski definition) is 2. The Morgan fingerprint density at radius 1 is 1.43 bits per heavy atom. The second-order valence-corrected chi connectivity index (χ2v) is 4.54. The SMILES string of the molecule is Cc1ccc2c3c1CCCC3CN2N. The fourth-order valence-electron chi connectivity index (χ4n) is 2.99. The van der Waals surface area contributed by atoms with E-state index in [0.29, 0.717) is 5.92 Å². The van der Waals surface area contributed by atoms with E-state index in [0.717, 1.165) is 6.54 Å². The van der Waals surface area contributed by atoms with Gasteiger partial charge in [0.15, 0.2) is 0 Å². The van der Waals surface area contributed by atoms with Crippen LogP contribution in [0.4, 0.5) is 5.69 Å². The second-order valence-electron chi connectivity index (χ2n) is 4.54. The Bertz CT molecular complexity index is 384. The minimum absolute atomic E-state index is 0.707. The third-order valence-corrected chi connectivity index (χ3v) is 3.68. The van der Waals surface area contributed by atoms with Gasteiger partial charge in [0.1, 0.15) is 0 Å². The van der Waals surface area contributed by atoms with Gasteiger partial charge in [0, 0.05) is 12.5 Å². The van der Waals surface area contributed by atoms with E-state index in [4.69, 9.17) is 5.84 Å². The van der Waals surface area contributed by atoms with Gasteiger partial charge in [-0.2, -0.15) is 0 Å². The molecule has 0 radical (unpaired) electrons. The Labute approximate surface area is 84.7 Å². The molecule has 2 N–H and O–H groups in total. The molecule has 2 nitrogen and oxygen atoms in total. The van der Waals surface area contributed by atoms with Gasteiger partial charge in [-0.25, -0.2) is 5.84 Å². The maximum absolute atomic E-state index is 5.99. The van der Waals surface area contributed by atoms with Crippen molar-refractivity contribution in [1.29, 1.82) is 0 Å². The predicted molar refractivity (Wildman–Crippen MR) is 58.4 cm³/mol. The summed E-state index contributed by atoms with van der Waals surface area (Å²) in [6.07, 6.45) is 3.90. The van der Waals surface area contributed by atoms with Gasteiger partial charge in [-0.3, -0.25) is 0 Å². The molecule has 0 aromatic heterocycles. The van der Waals surface area contributed by atoms with E-state index in [1.807, 2.05) is 5.01 Å². The molecule has 1 aromatic carbocycles. The van der Waals surface area contributed by atoms with Crippen LogP contribution in [0.25, 0.3) is 0 Å². The van der Waals surface area contributed by atoms with E-state index in [1.165, 1.54) is 30.5 Å². The highest BCUT2D eigenvalue weighted by molar-refractivity contribution is 5.64. The number of aryl methyl sites for hydroxylation is 1. The first kappa shape index (κ1) is 8.30. The minimum Gasteiger partial charge on any atom is -0.310 e. The number of rotatable bonds is 0. The molecule has 1 aromatic rings. The first-order chi connectivity index (χ1) is 6.77. The van der Waals surface area contributed by atoms with E-state index in [2.05, 4.69) is 19.1 Å². The Kier molecular flexibility index (Phi) is 1.62. The molecule has 3 rings (SSSR count). The number of hydrazine groups is 1. The average molecular weight is 188 g/mol.